The molecule has 0 saturated carbocycles. The fourth-order valence-corrected chi connectivity index (χ4v) is 0.763. The molecule has 0 fully saturated rings. The molecule has 0 aliphatic carbocycles. The number of hydrogen-bond donors (Lipinski definition) is 1. The average molecular weight is 149 g/mol. The first-order valence-electron chi connectivity index (χ1n) is 3.41. The molecule has 1 aromatic heterocycles. The quantitative estimate of drug-likeness (QED) is 0.484. The first-order chi connectivity index (χ1) is 5.20. The molecule has 0 bridgehead atoms. The molecule has 0 spiro atoms. The lowest BCUT2D eigenvalue weighted by Gasteiger charge is -1.97. The third-order valence-corrected chi connectivity index (χ3v) is 1.31. The highest BCUT2D eigenvalue weighted by atomic mass is 14.9. The lowest BCUT2D eigenvalue weighted by atomic mass is 10.2. The van der Waals surface area contributed by atoms with E-state index in [1.54, 1.807) is 19.3 Å². The Morgan fingerprint density at radius 1 is 1.64 bits per heavy atom. The van der Waals surface area contributed by atoms with Gasteiger partial charge < -0.3 is 5.73 Å². The van der Waals surface area contributed by atoms with Gasteiger partial charge in [0.15, 0.2) is 0 Å². The molecule has 1 aromatic rings. The Labute approximate surface area is 66.0 Å². The van der Waals surface area contributed by atoms with Crippen LogP contribution < -0.4 is 5.73 Å². The molecule has 0 radical (unpaired) electrons. The Kier molecular flexibility index (Phi) is 2.21. The predicted octanol–water partition coefficient (Wildman–Crippen LogP) is 1.40. The zero-order valence-electron chi connectivity index (χ0n) is 6.70. The Hall–Kier alpha value is -1.38. The van der Waals surface area contributed by atoms with E-state index in [0.717, 1.165) is 11.3 Å². The number of aliphatic imine (C=N–C) groups is 1. The van der Waals surface area contributed by atoms with Gasteiger partial charge in [-0.15, -0.1) is 0 Å². The Balaban J connectivity index is 3.04. The summed E-state index contributed by atoms with van der Waals surface area (Å²) in [5.74, 6) is 0.557. The van der Waals surface area contributed by atoms with Gasteiger partial charge in [0.1, 0.15) is 0 Å². The van der Waals surface area contributed by atoms with Gasteiger partial charge in [0.05, 0.1) is 17.7 Å². The lowest BCUT2D eigenvalue weighted by Crippen LogP contribution is -2.04. The maximum absolute atomic E-state index is 5.42. The summed E-state index contributed by atoms with van der Waals surface area (Å²) in [4.78, 5) is 8.03. The topological polar surface area (TPSA) is 51.3 Å². The van der Waals surface area contributed by atoms with Crippen molar-refractivity contribution in [3.8, 4) is 0 Å². The van der Waals surface area contributed by atoms with E-state index in [2.05, 4.69) is 9.98 Å². The molecule has 3 nitrogen and oxygen atoms in total. The summed E-state index contributed by atoms with van der Waals surface area (Å²) in [6.45, 7) is 3.73. The maximum atomic E-state index is 5.42. The zero-order chi connectivity index (χ0) is 8.27. The van der Waals surface area contributed by atoms with Crippen molar-refractivity contribution in [2.75, 3.05) is 0 Å². The van der Waals surface area contributed by atoms with Crippen molar-refractivity contribution in [2.24, 2.45) is 10.7 Å². The number of nitrogens with zero attached hydrogens (tertiary/aromatic N) is 2. The predicted molar refractivity (Wildman–Crippen MR) is 45.9 cm³/mol. The summed E-state index contributed by atoms with van der Waals surface area (Å²) in [7, 11) is 0. The minimum atomic E-state index is 0.557. The van der Waals surface area contributed by atoms with Gasteiger partial charge in [-0.25, -0.2) is 4.99 Å². The van der Waals surface area contributed by atoms with E-state index in [0.29, 0.717) is 5.84 Å². The van der Waals surface area contributed by atoms with Crippen LogP contribution in [0.3, 0.4) is 0 Å². The molecular formula is C8H11N3. The molecular weight excluding hydrogens is 138 g/mol. The molecule has 58 valence electrons. The van der Waals surface area contributed by atoms with Crippen molar-refractivity contribution in [1.82, 2.24) is 4.98 Å². The van der Waals surface area contributed by atoms with Gasteiger partial charge in [-0.05, 0) is 25.5 Å². The first-order valence-corrected chi connectivity index (χ1v) is 3.41. The number of pyridine rings is 1. The van der Waals surface area contributed by atoms with Gasteiger partial charge in [0, 0.05) is 6.20 Å². The summed E-state index contributed by atoms with van der Waals surface area (Å²) >= 11 is 0. The maximum Gasteiger partial charge on any atom is 0.0965 e. The summed E-state index contributed by atoms with van der Waals surface area (Å²) in [5, 5.41) is 0. The van der Waals surface area contributed by atoms with Crippen LogP contribution in [-0.4, -0.2) is 10.8 Å². The summed E-state index contributed by atoms with van der Waals surface area (Å²) in [6.07, 6.45) is 3.44. The van der Waals surface area contributed by atoms with E-state index in [1.807, 2.05) is 13.0 Å². The van der Waals surface area contributed by atoms with E-state index in [1.165, 1.54) is 0 Å². The Morgan fingerprint density at radius 3 is 2.91 bits per heavy atom. The summed E-state index contributed by atoms with van der Waals surface area (Å²) < 4.78 is 0. The van der Waals surface area contributed by atoms with E-state index in [9.17, 15) is 0 Å². The molecule has 1 rings (SSSR count). The third kappa shape index (κ3) is 2.04. The number of aromatic nitrogens is 1. The van der Waals surface area contributed by atoms with Gasteiger partial charge in [-0.2, -0.15) is 0 Å². The molecule has 0 atom stereocenters. The smallest absolute Gasteiger partial charge is 0.0965 e. The largest absolute Gasteiger partial charge is 0.387 e. The van der Waals surface area contributed by atoms with Crippen molar-refractivity contribution in [1.29, 1.82) is 0 Å². The van der Waals surface area contributed by atoms with Gasteiger partial charge >= 0.3 is 0 Å². The van der Waals surface area contributed by atoms with Crippen LogP contribution in [0.2, 0.25) is 0 Å². The molecule has 1 heterocycles. The fourth-order valence-electron chi connectivity index (χ4n) is 0.763. The zero-order valence-corrected chi connectivity index (χ0v) is 6.70. The summed E-state index contributed by atoms with van der Waals surface area (Å²) in [5.41, 5.74) is 7.34. The molecule has 11 heavy (non-hydrogen) atoms. The van der Waals surface area contributed by atoms with Gasteiger partial charge in [0.2, 0.25) is 0 Å². The fraction of sp³-hybridized carbons (Fsp3) is 0.250. The van der Waals surface area contributed by atoms with E-state index in [-0.39, 0.29) is 0 Å². The van der Waals surface area contributed by atoms with Gasteiger partial charge in [-0.1, -0.05) is 0 Å². The van der Waals surface area contributed by atoms with E-state index < -0.39 is 0 Å². The molecule has 2 N–H and O–H groups in total. The second kappa shape index (κ2) is 3.14. The number of nitrogens with two attached hydrogens (primary N) is 1. The molecule has 3 heteroatoms. The first kappa shape index (κ1) is 7.72. The highest BCUT2D eigenvalue weighted by molar-refractivity contribution is 5.80. The van der Waals surface area contributed by atoms with Crippen LogP contribution in [0, 0.1) is 6.92 Å². The summed E-state index contributed by atoms with van der Waals surface area (Å²) in [6, 6.07) is 1.90. The molecule has 0 unspecified atom stereocenters. The molecule has 0 aromatic carbocycles. The van der Waals surface area contributed by atoms with Crippen molar-refractivity contribution in [2.45, 2.75) is 13.8 Å². The number of amidine groups is 1. The SMILES string of the molecule is CC(N)=Nc1cnccc1C. The normalized spacial score (nSPS) is 11.6. The average Bonchev–Trinajstić information content (AvgIpc) is 1.93. The highest BCUT2D eigenvalue weighted by Crippen LogP contribution is 2.14. The van der Waals surface area contributed by atoms with Gasteiger partial charge in [0.25, 0.3) is 0 Å². The second-order valence-electron chi connectivity index (χ2n) is 2.42. The Morgan fingerprint density at radius 2 is 2.36 bits per heavy atom. The van der Waals surface area contributed by atoms with Crippen molar-refractivity contribution < 1.29 is 0 Å². The van der Waals surface area contributed by atoms with E-state index >= 15 is 0 Å². The van der Waals surface area contributed by atoms with E-state index in [4.69, 9.17) is 5.73 Å². The van der Waals surface area contributed by atoms with Crippen LogP contribution in [-0.2, 0) is 0 Å². The molecule has 0 aliphatic heterocycles. The van der Waals surface area contributed by atoms with Crippen LogP contribution in [0.4, 0.5) is 5.69 Å². The minimum Gasteiger partial charge on any atom is -0.387 e. The van der Waals surface area contributed by atoms with Crippen LogP contribution in [0.15, 0.2) is 23.5 Å². The van der Waals surface area contributed by atoms with Crippen molar-refractivity contribution >= 4 is 11.5 Å². The molecule has 0 saturated heterocycles. The van der Waals surface area contributed by atoms with Crippen LogP contribution in [0.1, 0.15) is 12.5 Å². The third-order valence-electron chi connectivity index (χ3n) is 1.31. The Bertz CT molecular complexity index is 274. The second-order valence-corrected chi connectivity index (χ2v) is 2.42. The number of rotatable bonds is 1. The standard InChI is InChI=1S/C8H11N3/c1-6-3-4-10-5-8(6)11-7(2)9/h3-5H,1-2H3,(H2,9,11). The van der Waals surface area contributed by atoms with Gasteiger partial charge in [-0.3, -0.25) is 4.98 Å². The van der Waals surface area contributed by atoms with Crippen molar-refractivity contribution in [3.05, 3.63) is 24.0 Å². The van der Waals surface area contributed by atoms with Crippen LogP contribution >= 0.6 is 0 Å². The molecule has 0 amide bonds. The van der Waals surface area contributed by atoms with Crippen LogP contribution in [0.25, 0.3) is 0 Å². The molecule has 0 aliphatic rings. The van der Waals surface area contributed by atoms with Crippen molar-refractivity contribution in [3.63, 3.8) is 0 Å². The highest BCUT2D eigenvalue weighted by Gasteiger charge is 1.92. The number of aryl methyl sites for hydroxylation is 1. The van der Waals surface area contributed by atoms with Crippen LogP contribution in [0.5, 0.6) is 0 Å². The lowest BCUT2D eigenvalue weighted by molar-refractivity contribution is 1.25. The minimum absolute atomic E-state index is 0.557. The number of hydrogen-bond acceptors (Lipinski definition) is 2. The monoisotopic (exact) mass is 149 g/mol.